The molecule has 1 spiro atoms. The second-order valence-corrected chi connectivity index (χ2v) is 7.33. The van der Waals surface area contributed by atoms with Crippen molar-refractivity contribution >= 4 is 11.8 Å². The van der Waals surface area contributed by atoms with Gasteiger partial charge in [0.25, 0.3) is 0 Å². The van der Waals surface area contributed by atoms with Gasteiger partial charge in [0.2, 0.25) is 0 Å². The first-order valence-corrected chi connectivity index (χ1v) is 9.53. The fourth-order valence-electron chi connectivity index (χ4n) is 3.12. The van der Waals surface area contributed by atoms with Gasteiger partial charge in [-0.2, -0.15) is 11.8 Å². The second kappa shape index (κ2) is 9.29. The Kier molecular flexibility index (Phi) is 7.71. The molecule has 0 saturated carbocycles. The molecule has 2 aliphatic rings. The lowest BCUT2D eigenvalue weighted by Gasteiger charge is -2.43. The van der Waals surface area contributed by atoms with Crippen LogP contribution < -0.4 is 5.32 Å². The van der Waals surface area contributed by atoms with E-state index in [-0.39, 0.29) is 5.60 Å². The Bertz CT molecular complexity index is 251. The summed E-state index contributed by atoms with van der Waals surface area (Å²) in [7, 11) is 0. The fourth-order valence-corrected chi connectivity index (χ4v) is 4.36. The molecule has 4 heteroatoms. The van der Waals surface area contributed by atoms with E-state index in [1.807, 2.05) is 0 Å². The van der Waals surface area contributed by atoms with Crippen molar-refractivity contribution in [3.8, 4) is 0 Å². The van der Waals surface area contributed by atoms with Crippen molar-refractivity contribution in [3.63, 3.8) is 0 Å². The van der Waals surface area contributed by atoms with Gasteiger partial charge in [0.1, 0.15) is 0 Å². The van der Waals surface area contributed by atoms with Crippen LogP contribution in [0.25, 0.3) is 0 Å². The maximum atomic E-state index is 6.13. The molecule has 0 aromatic carbocycles. The maximum absolute atomic E-state index is 6.13. The summed E-state index contributed by atoms with van der Waals surface area (Å²) in [6.45, 7) is 6.05. The third kappa shape index (κ3) is 5.55. The summed E-state index contributed by atoms with van der Waals surface area (Å²) < 4.78 is 11.7. The van der Waals surface area contributed by atoms with Gasteiger partial charge in [0.05, 0.1) is 5.60 Å². The first-order chi connectivity index (χ1) is 9.85. The number of nitrogens with one attached hydrogen (secondary N) is 1. The van der Waals surface area contributed by atoms with Crippen LogP contribution in [0, 0.1) is 0 Å². The van der Waals surface area contributed by atoms with E-state index >= 15 is 0 Å². The summed E-state index contributed by atoms with van der Waals surface area (Å²) in [6.07, 6.45) is 8.42. The first-order valence-electron chi connectivity index (χ1n) is 8.37. The predicted molar refractivity (Wildman–Crippen MR) is 86.6 cm³/mol. The van der Waals surface area contributed by atoms with E-state index in [9.17, 15) is 0 Å². The molecule has 1 unspecified atom stereocenters. The van der Waals surface area contributed by atoms with Crippen molar-refractivity contribution in [2.75, 3.05) is 37.9 Å². The normalized spacial score (nSPS) is 25.9. The lowest BCUT2D eigenvalue weighted by atomic mass is 9.85. The van der Waals surface area contributed by atoms with Crippen molar-refractivity contribution in [1.82, 2.24) is 5.32 Å². The molecule has 1 atom stereocenters. The zero-order valence-corrected chi connectivity index (χ0v) is 13.8. The molecule has 0 aromatic heterocycles. The molecule has 20 heavy (non-hydrogen) atoms. The highest BCUT2D eigenvalue weighted by atomic mass is 32.2. The third-order valence-corrected chi connectivity index (χ3v) is 5.42. The van der Waals surface area contributed by atoms with Crippen molar-refractivity contribution in [2.45, 2.75) is 63.5 Å². The summed E-state index contributed by atoms with van der Waals surface area (Å²) in [5.74, 6) is 2.55. The summed E-state index contributed by atoms with van der Waals surface area (Å²) in [4.78, 5) is 0. The van der Waals surface area contributed by atoms with E-state index in [1.54, 1.807) is 0 Å². The van der Waals surface area contributed by atoms with Crippen LogP contribution in [0.4, 0.5) is 0 Å². The van der Waals surface area contributed by atoms with Crippen LogP contribution in [0.15, 0.2) is 0 Å². The Labute approximate surface area is 128 Å². The Morgan fingerprint density at radius 2 is 2.05 bits per heavy atom. The van der Waals surface area contributed by atoms with Gasteiger partial charge >= 0.3 is 0 Å². The summed E-state index contributed by atoms with van der Waals surface area (Å²) in [5, 5.41) is 3.72. The Morgan fingerprint density at radius 1 is 1.25 bits per heavy atom. The van der Waals surface area contributed by atoms with Crippen LogP contribution in [0.3, 0.4) is 0 Å². The maximum Gasteiger partial charge on any atom is 0.0713 e. The summed E-state index contributed by atoms with van der Waals surface area (Å²) >= 11 is 2.08. The molecule has 0 aliphatic carbocycles. The minimum absolute atomic E-state index is 0.207. The molecule has 0 aromatic rings. The number of unbranched alkanes of at least 4 members (excludes halogenated alkanes) is 1. The average Bonchev–Trinajstić information content (AvgIpc) is 2.47. The van der Waals surface area contributed by atoms with Crippen molar-refractivity contribution in [2.24, 2.45) is 0 Å². The number of ether oxygens (including phenoxy) is 2. The van der Waals surface area contributed by atoms with E-state index in [1.165, 1.54) is 50.0 Å². The SMILES string of the molecule is CCCCOCCCNC1CCOC2(CCSCC2)C1. The van der Waals surface area contributed by atoms with Gasteiger partial charge in [-0.05, 0) is 56.6 Å². The molecule has 2 heterocycles. The highest BCUT2D eigenvalue weighted by Crippen LogP contribution is 2.37. The highest BCUT2D eigenvalue weighted by molar-refractivity contribution is 7.99. The van der Waals surface area contributed by atoms with Gasteiger partial charge in [-0.15, -0.1) is 0 Å². The van der Waals surface area contributed by atoms with Crippen LogP contribution in [0.1, 0.15) is 51.9 Å². The molecule has 118 valence electrons. The highest BCUT2D eigenvalue weighted by Gasteiger charge is 2.38. The largest absolute Gasteiger partial charge is 0.381 e. The predicted octanol–water partition coefficient (Wildman–Crippen LogP) is 3.23. The smallest absolute Gasteiger partial charge is 0.0713 e. The molecule has 2 fully saturated rings. The molecule has 3 nitrogen and oxygen atoms in total. The van der Waals surface area contributed by atoms with Gasteiger partial charge in [0.15, 0.2) is 0 Å². The molecule has 0 bridgehead atoms. The number of hydrogen-bond acceptors (Lipinski definition) is 4. The number of rotatable bonds is 8. The van der Waals surface area contributed by atoms with E-state index in [4.69, 9.17) is 9.47 Å². The minimum Gasteiger partial charge on any atom is -0.381 e. The Hall–Kier alpha value is 0.230. The Morgan fingerprint density at radius 3 is 2.85 bits per heavy atom. The molecular weight excluding hydrogens is 270 g/mol. The van der Waals surface area contributed by atoms with Crippen molar-refractivity contribution in [1.29, 1.82) is 0 Å². The van der Waals surface area contributed by atoms with E-state index in [2.05, 4.69) is 24.0 Å². The monoisotopic (exact) mass is 301 g/mol. The van der Waals surface area contributed by atoms with Crippen LogP contribution in [0.2, 0.25) is 0 Å². The summed E-state index contributed by atoms with van der Waals surface area (Å²) in [5.41, 5.74) is 0.207. The number of hydrogen-bond donors (Lipinski definition) is 1. The molecule has 0 amide bonds. The molecule has 2 saturated heterocycles. The zero-order valence-electron chi connectivity index (χ0n) is 13.0. The zero-order chi connectivity index (χ0) is 14.1. The van der Waals surface area contributed by atoms with Gasteiger partial charge in [-0.25, -0.2) is 0 Å². The van der Waals surface area contributed by atoms with E-state index in [0.717, 1.165) is 32.8 Å². The average molecular weight is 301 g/mol. The van der Waals surface area contributed by atoms with E-state index in [0.29, 0.717) is 6.04 Å². The fraction of sp³-hybridized carbons (Fsp3) is 1.00. The standard InChI is InChI=1S/C16H31NO2S/c1-2-3-9-18-10-4-8-17-15-5-11-19-16(14-15)6-12-20-13-7-16/h15,17H,2-14H2,1H3. The molecule has 2 rings (SSSR count). The second-order valence-electron chi connectivity index (χ2n) is 6.11. The van der Waals surface area contributed by atoms with Gasteiger partial charge < -0.3 is 14.8 Å². The van der Waals surface area contributed by atoms with Gasteiger partial charge in [-0.1, -0.05) is 13.3 Å². The molecule has 2 aliphatic heterocycles. The van der Waals surface area contributed by atoms with Crippen LogP contribution in [-0.4, -0.2) is 49.5 Å². The quantitative estimate of drug-likeness (QED) is 0.697. The van der Waals surface area contributed by atoms with Crippen LogP contribution in [-0.2, 0) is 9.47 Å². The number of thioether (sulfide) groups is 1. The minimum atomic E-state index is 0.207. The van der Waals surface area contributed by atoms with E-state index < -0.39 is 0 Å². The third-order valence-electron chi connectivity index (χ3n) is 4.44. The molecular formula is C16H31NO2S. The van der Waals surface area contributed by atoms with Crippen LogP contribution >= 0.6 is 11.8 Å². The molecule has 0 radical (unpaired) electrons. The Balaban J connectivity index is 1.56. The topological polar surface area (TPSA) is 30.5 Å². The summed E-state index contributed by atoms with van der Waals surface area (Å²) in [6, 6.07) is 0.655. The van der Waals surface area contributed by atoms with Gasteiger partial charge in [-0.3, -0.25) is 0 Å². The lowest BCUT2D eigenvalue weighted by Crippen LogP contribution is -2.49. The molecule has 1 N–H and O–H groups in total. The van der Waals surface area contributed by atoms with Crippen LogP contribution in [0.5, 0.6) is 0 Å². The first kappa shape index (κ1) is 16.6. The van der Waals surface area contributed by atoms with Gasteiger partial charge in [0, 0.05) is 25.9 Å². The van der Waals surface area contributed by atoms with Crippen molar-refractivity contribution < 1.29 is 9.47 Å². The lowest BCUT2D eigenvalue weighted by molar-refractivity contribution is -0.0931. The van der Waals surface area contributed by atoms with Crippen molar-refractivity contribution in [3.05, 3.63) is 0 Å².